The van der Waals surface area contributed by atoms with E-state index in [1.54, 1.807) is 0 Å². The molecule has 3 rings (SSSR count). The number of rotatable bonds is 4. The molecule has 5 heteroatoms. The van der Waals surface area contributed by atoms with Crippen LogP contribution in [-0.2, 0) is 9.53 Å². The molecule has 0 bridgehead atoms. The van der Waals surface area contributed by atoms with Gasteiger partial charge in [-0.1, -0.05) is 6.07 Å². The highest BCUT2D eigenvalue weighted by Crippen LogP contribution is 2.23. The number of pyridine rings is 1. The number of aromatic nitrogens is 1. The van der Waals surface area contributed by atoms with Crippen LogP contribution in [0.5, 0.6) is 0 Å². The predicted octanol–water partition coefficient (Wildman–Crippen LogP) is 1.98. The van der Waals surface area contributed by atoms with Crippen LogP contribution in [0.2, 0.25) is 0 Å². The summed E-state index contributed by atoms with van der Waals surface area (Å²) in [6.07, 6.45) is 6.53. The smallest absolute Gasteiger partial charge is 0.220 e. The number of nitrogens with zero attached hydrogens (tertiary/aromatic N) is 2. The molecule has 1 aromatic rings. The molecule has 22 heavy (non-hydrogen) atoms. The Morgan fingerprint density at radius 2 is 2.00 bits per heavy atom. The number of carbonyl (C=O) groups is 1. The molecule has 3 heterocycles. The molecule has 0 saturated carbocycles. The quantitative estimate of drug-likeness (QED) is 0.924. The van der Waals surface area contributed by atoms with E-state index in [9.17, 15) is 4.79 Å². The lowest BCUT2D eigenvalue weighted by Crippen LogP contribution is -2.41. The van der Waals surface area contributed by atoms with Crippen molar-refractivity contribution in [3.05, 3.63) is 24.4 Å². The summed E-state index contributed by atoms with van der Waals surface area (Å²) in [6, 6.07) is 6.33. The molecule has 0 atom stereocenters. The minimum atomic E-state index is 0.211. The zero-order chi connectivity index (χ0) is 15.2. The van der Waals surface area contributed by atoms with Gasteiger partial charge in [-0.15, -0.1) is 0 Å². The highest BCUT2D eigenvalue weighted by Gasteiger charge is 2.23. The van der Waals surface area contributed by atoms with E-state index in [0.29, 0.717) is 18.4 Å². The van der Waals surface area contributed by atoms with Crippen molar-refractivity contribution in [2.24, 2.45) is 5.92 Å². The fourth-order valence-electron chi connectivity index (χ4n) is 3.30. The Bertz CT molecular complexity index is 466. The largest absolute Gasteiger partial charge is 0.381 e. The van der Waals surface area contributed by atoms with Crippen molar-refractivity contribution >= 4 is 11.7 Å². The molecule has 1 aromatic heterocycles. The highest BCUT2D eigenvalue weighted by atomic mass is 16.5. The fraction of sp³-hybridized carbons (Fsp3) is 0.647. The number of carbonyl (C=O) groups excluding carboxylic acids is 1. The van der Waals surface area contributed by atoms with Crippen LogP contribution in [0.1, 0.15) is 32.1 Å². The molecular weight excluding hydrogens is 278 g/mol. The number of hydrogen-bond donors (Lipinski definition) is 1. The zero-order valence-electron chi connectivity index (χ0n) is 13.0. The molecule has 120 valence electrons. The standard InChI is InChI=1S/C17H25N3O2/c21-17(19-15-6-11-22-12-7-15)13-14-4-9-20(10-5-14)16-3-1-2-8-18-16/h1-3,8,14-15H,4-7,9-13H2,(H,19,21). The van der Waals surface area contributed by atoms with Gasteiger partial charge in [0, 0.05) is 45.0 Å². The fourth-order valence-corrected chi connectivity index (χ4v) is 3.30. The average Bonchev–Trinajstić information content (AvgIpc) is 2.57. The summed E-state index contributed by atoms with van der Waals surface area (Å²) >= 11 is 0. The van der Waals surface area contributed by atoms with Gasteiger partial charge >= 0.3 is 0 Å². The van der Waals surface area contributed by atoms with Crippen LogP contribution < -0.4 is 10.2 Å². The molecule has 1 N–H and O–H groups in total. The Balaban J connectivity index is 1.41. The summed E-state index contributed by atoms with van der Waals surface area (Å²) in [4.78, 5) is 18.9. The molecule has 2 saturated heterocycles. The van der Waals surface area contributed by atoms with Gasteiger partial charge in [-0.2, -0.15) is 0 Å². The Hall–Kier alpha value is -1.62. The number of nitrogens with one attached hydrogen (secondary N) is 1. The number of hydrogen-bond acceptors (Lipinski definition) is 4. The van der Waals surface area contributed by atoms with Crippen LogP contribution in [0.15, 0.2) is 24.4 Å². The summed E-state index contributed by atoms with van der Waals surface area (Å²) < 4.78 is 5.32. The monoisotopic (exact) mass is 303 g/mol. The van der Waals surface area contributed by atoms with Crippen molar-refractivity contribution in [2.75, 3.05) is 31.2 Å². The molecule has 1 amide bonds. The van der Waals surface area contributed by atoms with Gasteiger partial charge < -0.3 is 15.0 Å². The summed E-state index contributed by atoms with van der Waals surface area (Å²) in [6.45, 7) is 3.53. The van der Waals surface area contributed by atoms with Crippen LogP contribution in [0.25, 0.3) is 0 Å². The van der Waals surface area contributed by atoms with E-state index < -0.39 is 0 Å². The Kier molecular flexibility index (Phi) is 5.27. The number of anilines is 1. The van der Waals surface area contributed by atoms with Gasteiger partial charge in [0.25, 0.3) is 0 Å². The topological polar surface area (TPSA) is 54.5 Å². The molecule has 0 aromatic carbocycles. The Morgan fingerprint density at radius 1 is 1.23 bits per heavy atom. The second-order valence-electron chi connectivity index (χ2n) is 6.28. The minimum Gasteiger partial charge on any atom is -0.381 e. The van der Waals surface area contributed by atoms with E-state index in [1.165, 1.54) is 0 Å². The second kappa shape index (κ2) is 7.58. The van der Waals surface area contributed by atoms with Crippen LogP contribution in [-0.4, -0.2) is 43.2 Å². The van der Waals surface area contributed by atoms with E-state index in [2.05, 4.69) is 21.3 Å². The molecular formula is C17H25N3O2. The molecule has 0 unspecified atom stereocenters. The first-order valence-corrected chi connectivity index (χ1v) is 8.34. The molecule has 2 aliphatic heterocycles. The van der Waals surface area contributed by atoms with Crippen LogP contribution in [0.4, 0.5) is 5.82 Å². The third-order valence-corrected chi connectivity index (χ3v) is 4.65. The summed E-state index contributed by atoms with van der Waals surface area (Å²) in [7, 11) is 0. The van der Waals surface area contributed by atoms with Gasteiger partial charge in [-0.3, -0.25) is 4.79 Å². The first-order chi connectivity index (χ1) is 10.8. The van der Waals surface area contributed by atoms with Gasteiger partial charge in [0.15, 0.2) is 0 Å². The van der Waals surface area contributed by atoms with Gasteiger partial charge in [0.1, 0.15) is 5.82 Å². The van der Waals surface area contributed by atoms with Crippen molar-refractivity contribution in [3.63, 3.8) is 0 Å². The maximum Gasteiger partial charge on any atom is 0.220 e. The molecule has 2 aliphatic rings. The lowest BCUT2D eigenvalue weighted by molar-refractivity contribution is -0.123. The van der Waals surface area contributed by atoms with E-state index in [0.717, 1.165) is 57.8 Å². The van der Waals surface area contributed by atoms with Crippen LogP contribution in [0.3, 0.4) is 0 Å². The molecule has 5 nitrogen and oxygen atoms in total. The third kappa shape index (κ3) is 4.19. The third-order valence-electron chi connectivity index (χ3n) is 4.65. The van der Waals surface area contributed by atoms with E-state index >= 15 is 0 Å². The normalized spacial score (nSPS) is 20.8. The molecule has 0 aliphatic carbocycles. The second-order valence-corrected chi connectivity index (χ2v) is 6.28. The molecule has 0 spiro atoms. The van der Waals surface area contributed by atoms with Gasteiger partial charge in [0.05, 0.1) is 0 Å². The van der Waals surface area contributed by atoms with Gasteiger partial charge in [-0.25, -0.2) is 4.98 Å². The zero-order valence-corrected chi connectivity index (χ0v) is 13.0. The van der Waals surface area contributed by atoms with E-state index in [-0.39, 0.29) is 5.91 Å². The number of ether oxygens (including phenoxy) is 1. The maximum absolute atomic E-state index is 12.2. The maximum atomic E-state index is 12.2. The first-order valence-electron chi connectivity index (χ1n) is 8.34. The van der Waals surface area contributed by atoms with Gasteiger partial charge in [-0.05, 0) is 43.7 Å². The summed E-state index contributed by atoms with van der Waals surface area (Å²) in [5.41, 5.74) is 0. The predicted molar refractivity (Wildman–Crippen MR) is 85.8 cm³/mol. The van der Waals surface area contributed by atoms with Crippen molar-refractivity contribution in [1.29, 1.82) is 0 Å². The summed E-state index contributed by atoms with van der Waals surface area (Å²) in [5.74, 6) is 1.76. The van der Waals surface area contributed by atoms with Crippen molar-refractivity contribution in [3.8, 4) is 0 Å². The average molecular weight is 303 g/mol. The summed E-state index contributed by atoms with van der Waals surface area (Å²) in [5, 5.41) is 3.16. The van der Waals surface area contributed by atoms with Crippen LogP contribution >= 0.6 is 0 Å². The SMILES string of the molecule is O=C(CC1CCN(c2ccccn2)CC1)NC1CCOCC1. The first kappa shape index (κ1) is 15.3. The highest BCUT2D eigenvalue weighted by molar-refractivity contribution is 5.76. The van der Waals surface area contributed by atoms with E-state index in [1.807, 2.05) is 18.3 Å². The Labute approximate surface area is 132 Å². The lowest BCUT2D eigenvalue weighted by atomic mass is 9.93. The van der Waals surface area contributed by atoms with Crippen molar-refractivity contribution < 1.29 is 9.53 Å². The van der Waals surface area contributed by atoms with Crippen LogP contribution in [0, 0.1) is 5.92 Å². The Morgan fingerprint density at radius 3 is 2.68 bits per heavy atom. The lowest BCUT2D eigenvalue weighted by Gasteiger charge is -2.33. The van der Waals surface area contributed by atoms with Gasteiger partial charge in [0.2, 0.25) is 5.91 Å². The van der Waals surface area contributed by atoms with Crippen molar-refractivity contribution in [2.45, 2.75) is 38.1 Å². The molecule has 0 radical (unpaired) electrons. The number of piperidine rings is 1. The number of amides is 1. The molecule has 2 fully saturated rings. The van der Waals surface area contributed by atoms with Crippen molar-refractivity contribution in [1.82, 2.24) is 10.3 Å². The minimum absolute atomic E-state index is 0.211. The van der Waals surface area contributed by atoms with E-state index in [4.69, 9.17) is 4.74 Å².